The molecular formula is C17H21NO2S. The van der Waals surface area contributed by atoms with Crippen LogP contribution in [0, 0.1) is 5.92 Å². The van der Waals surface area contributed by atoms with E-state index in [4.69, 9.17) is 0 Å². The quantitative estimate of drug-likeness (QED) is 0.860. The first-order chi connectivity index (χ1) is 10.1. The van der Waals surface area contributed by atoms with Crippen LogP contribution in [0.15, 0.2) is 18.2 Å². The van der Waals surface area contributed by atoms with Gasteiger partial charge in [0.15, 0.2) is 5.12 Å². The van der Waals surface area contributed by atoms with Gasteiger partial charge in [-0.15, -0.1) is 0 Å². The third kappa shape index (κ3) is 3.15. The van der Waals surface area contributed by atoms with Crippen LogP contribution in [0.1, 0.15) is 37.3 Å². The maximum atomic E-state index is 12.3. The minimum Gasteiger partial charge on any atom is -0.312 e. The van der Waals surface area contributed by atoms with Crippen molar-refractivity contribution in [2.45, 2.75) is 39.0 Å². The molecule has 1 aromatic carbocycles. The van der Waals surface area contributed by atoms with Gasteiger partial charge in [-0.25, -0.2) is 0 Å². The summed E-state index contributed by atoms with van der Waals surface area (Å²) in [4.78, 5) is 25.4. The van der Waals surface area contributed by atoms with E-state index in [1.54, 1.807) is 6.92 Å². The number of carbonyl (C=O) groups is 2. The Morgan fingerprint density at radius 3 is 2.95 bits per heavy atom. The number of hydrogen-bond acceptors (Lipinski definition) is 3. The molecular weight excluding hydrogens is 282 g/mol. The number of hydrogen-bond donors (Lipinski definition) is 0. The Morgan fingerprint density at radius 1 is 1.33 bits per heavy atom. The second kappa shape index (κ2) is 6.22. The molecule has 3 rings (SSSR count). The highest BCUT2D eigenvalue weighted by Gasteiger charge is 2.32. The van der Waals surface area contributed by atoms with Gasteiger partial charge in [0, 0.05) is 31.3 Å². The van der Waals surface area contributed by atoms with Crippen LogP contribution in [0.3, 0.4) is 0 Å². The van der Waals surface area contributed by atoms with E-state index in [9.17, 15) is 9.59 Å². The number of carbonyl (C=O) groups excluding carboxylic acids is 2. The molecule has 1 fully saturated rings. The maximum absolute atomic E-state index is 12.3. The zero-order valence-electron chi connectivity index (χ0n) is 12.4. The number of anilines is 1. The summed E-state index contributed by atoms with van der Waals surface area (Å²) in [5.41, 5.74) is 3.90. The van der Waals surface area contributed by atoms with Crippen molar-refractivity contribution in [1.29, 1.82) is 0 Å². The Balaban J connectivity index is 1.78. The lowest BCUT2D eigenvalue weighted by molar-refractivity contribution is -0.117. The smallest absolute Gasteiger partial charge is 0.227 e. The standard InChI is InChI=1S/C17H21NO2S/c1-12(19)21-11-13-9-17(20)18(10-13)16-8-4-6-14-5-2-3-7-15(14)16/h4,6,8,13H,2-3,5,7,9-11H2,1H3. The van der Waals surface area contributed by atoms with Crippen LogP contribution in [0.4, 0.5) is 5.69 Å². The van der Waals surface area contributed by atoms with Crippen molar-refractivity contribution < 1.29 is 9.59 Å². The Kier molecular flexibility index (Phi) is 4.34. The van der Waals surface area contributed by atoms with Gasteiger partial charge in [-0.3, -0.25) is 9.59 Å². The fourth-order valence-corrected chi connectivity index (χ4v) is 4.07. The molecule has 1 aliphatic heterocycles. The number of benzene rings is 1. The zero-order chi connectivity index (χ0) is 14.8. The van der Waals surface area contributed by atoms with Crippen molar-refractivity contribution >= 4 is 28.5 Å². The van der Waals surface area contributed by atoms with E-state index in [2.05, 4.69) is 18.2 Å². The van der Waals surface area contributed by atoms with Gasteiger partial charge in [0.1, 0.15) is 0 Å². The number of nitrogens with zero attached hydrogens (tertiary/aromatic N) is 1. The Hall–Kier alpha value is -1.29. The van der Waals surface area contributed by atoms with Crippen molar-refractivity contribution in [2.24, 2.45) is 5.92 Å². The number of rotatable bonds is 3. The van der Waals surface area contributed by atoms with Crippen LogP contribution in [0.25, 0.3) is 0 Å². The summed E-state index contributed by atoms with van der Waals surface area (Å²) in [6, 6.07) is 6.36. The summed E-state index contributed by atoms with van der Waals surface area (Å²) in [5.74, 6) is 1.26. The fraction of sp³-hybridized carbons (Fsp3) is 0.529. The molecule has 1 atom stereocenters. The van der Waals surface area contributed by atoms with Crippen LogP contribution < -0.4 is 4.90 Å². The summed E-state index contributed by atoms with van der Waals surface area (Å²) < 4.78 is 0. The fourth-order valence-electron chi connectivity index (χ4n) is 3.38. The van der Waals surface area contributed by atoms with Crippen LogP contribution in [0.2, 0.25) is 0 Å². The van der Waals surface area contributed by atoms with Crippen LogP contribution in [0.5, 0.6) is 0 Å². The molecule has 1 unspecified atom stereocenters. The average Bonchev–Trinajstić information content (AvgIpc) is 2.85. The molecule has 0 saturated carbocycles. The van der Waals surface area contributed by atoms with Crippen molar-refractivity contribution in [3.63, 3.8) is 0 Å². The van der Waals surface area contributed by atoms with Gasteiger partial charge in [-0.1, -0.05) is 23.9 Å². The van der Waals surface area contributed by atoms with E-state index in [1.165, 1.54) is 35.7 Å². The monoisotopic (exact) mass is 303 g/mol. The Labute approximate surface area is 130 Å². The van der Waals surface area contributed by atoms with E-state index in [1.807, 2.05) is 4.90 Å². The SMILES string of the molecule is CC(=O)SCC1CC(=O)N(c2cccc3c2CCCC3)C1. The molecule has 3 nitrogen and oxygen atoms in total. The second-order valence-corrected chi connectivity index (χ2v) is 7.20. The highest BCUT2D eigenvalue weighted by molar-refractivity contribution is 8.13. The molecule has 1 aliphatic carbocycles. The number of amides is 1. The predicted octanol–water partition coefficient (Wildman–Crippen LogP) is 3.20. The molecule has 2 aliphatic rings. The molecule has 0 spiro atoms. The Bertz CT molecular complexity index is 570. The average molecular weight is 303 g/mol. The minimum atomic E-state index is 0.137. The largest absolute Gasteiger partial charge is 0.312 e. The van der Waals surface area contributed by atoms with Crippen molar-refractivity contribution in [3.05, 3.63) is 29.3 Å². The van der Waals surface area contributed by atoms with Crippen molar-refractivity contribution in [1.82, 2.24) is 0 Å². The molecule has 0 aromatic heterocycles. The second-order valence-electron chi connectivity index (χ2n) is 6.00. The molecule has 1 saturated heterocycles. The number of thioether (sulfide) groups is 1. The first-order valence-corrected chi connectivity index (χ1v) is 8.68. The lowest BCUT2D eigenvalue weighted by Crippen LogP contribution is -2.26. The molecule has 0 radical (unpaired) electrons. The number of fused-ring (bicyclic) bond motifs is 1. The van der Waals surface area contributed by atoms with Crippen LogP contribution in [-0.2, 0) is 22.4 Å². The normalized spacial score (nSPS) is 21.5. The number of aryl methyl sites for hydroxylation is 1. The third-order valence-corrected chi connectivity index (χ3v) is 5.43. The first kappa shape index (κ1) is 14.6. The van der Waals surface area contributed by atoms with Crippen LogP contribution >= 0.6 is 11.8 Å². The summed E-state index contributed by atoms with van der Waals surface area (Å²) in [6.07, 6.45) is 5.26. The molecule has 0 N–H and O–H groups in total. The van der Waals surface area contributed by atoms with Crippen molar-refractivity contribution in [3.8, 4) is 0 Å². The molecule has 1 aromatic rings. The van der Waals surface area contributed by atoms with E-state index in [-0.39, 0.29) is 11.0 Å². The van der Waals surface area contributed by atoms with Gasteiger partial charge in [-0.05, 0) is 48.8 Å². The first-order valence-electron chi connectivity index (χ1n) is 7.69. The Morgan fingerprint density at radius 2 is 2.14 bits per heavy atom. The molecule has 1 amide bonds. The van der Waals surface area contributed by atoms with Gasteiger partial charge in [0.25, 0.3) is 0 Å². The highest BCUT2D eigenvalue weighted by Crippen LogP contribution is 2.34. The lowest BCUT2D eigenvalue weighted by Gasteiger charge is -2.25. The summed E-state index contributed by atoms with van der Waals surface area (Å²) in [7, 11) is 0. The van der Waals surface area contributed by atoms with E-state index < -0.39 is 0 Å². The topological polar surface area (TPSA) is 37.4 Å². The van der Waals surface area contributed by atoms with Gasteiger partial charge < -0.3 is 4.90 Å². The zero-order valence-corrected chi connectivity index (χ0v) is 13.2. The molecule has 1 heterocycles. The van der Waals surface area contributed by atoms with Gasteiger partial charge in [0.2, 0.25) is 5.91 Å². The molecule has 21 heavy (non-hydrogen) atoms. The van der Waals surface area contributed by atoms with Crippen molar-refractivity contribution in [2.75, 3.05) is 17.2 Å². The summed E-state index contributed by atoms with van der Waals surface area (Å²) in [6.45, 7) is 2.35. The van der Waals surface area contributed by atoms with E-state index in [0.29, 0.717) is 12.3 Å². The molecule has 0 bridgehead atoms. The van der Waals surface area contributed by atoms with Gasteiger partial charge in [0.05, 0.1) is 0 Å². The van der Waals surface area contributed by atoms with Gasteiger partial charge >= 0.3 is 0 Å². The van der Waals surface area contributed by atoms with E-state index >= 15 is 0 Å². The maximum Gasteiger partial charge on any atom is 0.227 e. The third-order valence-electron chi connectivity index (χ3n) is 4.39. The summed E-state index contributed by atoms with van der Waals surface area (Å²) in [5, 5.41) is 0.137. The lowest BCUT2D eigenvalue weighted by atomic mass is 9.90. The van der Waals surface area contributed by atoms with E-state index in [0.717, 1.165) is 30.8 Å². The molecule has 112 valence electrons. The van der Waals surface area contributed by atoms with Crippen LogP contribution in [-0.4, -0.2) is 23.3 Å². The molecule has 4 heteroatoms. The summed E-state index contributed by atoms with van der Waals surface area (Å²) >= 11 is 1.34. The highest BCUT2D eigenvalue weighted by atomic mass is 32.2. The van der Waals surface area contributed by atoms with Gasteiger partial charge in [-0.2, -0.15) is 0 Å². The minimum absolute atomic E-state index is 0.137. The predicted molar refractivity (Wildman–Crippen MR) is 86.7 cm³/mol.